The van der Waals surface area contributed by atoms with E-state index >= 15 is 0 Å². The first kappa shape index (κ1) is 13.9. The number of unbranched alkanes of at least 4 members (excludes halogenated alkanes) is 3. The lowest BCUT2D eigenvalue weighted by Gasteiger charge is -2.37. The van der Waals surface area contributed by atoms with E-state index in [1.165, 1.54) is 58.4 Å². The molecule has 0 radical (unpaired) electrons. The zero-order valence-electron chi connectivity index (χ0n) is 11.3. The Kier molecular flexibility index (Phi) is 7.01. The van der Waals surface area contributed by atoms with Crippen molar-refractivity contribution < 1.29 is 0 Å². The summed E-state index contributed by atoms with van der Waals surface area (Å²) in [7, 11) is 4.27. The Morgan fingerprint density at radius 1 is 1.12 bits per heavy atom. The Hall–Kier alpha value is -0.120. The molecule has 1 aliphatic rings. The third-order valence-electron chi connectivity index (χ3n) is 3.69. The highest BCUT2D eigenvalue weighted by Crippen LogP contribution is 2.08. The van der Waals surface area contributed by atoms with Gasteiger partial charge in [-0.05, 0) is 47.0 Å². The normalized spacial score (nSPS) is 23.8. The molecular formula is C13H29N3. The highest BCUT2D eigenvalue weighted by Gasteiger charge is 2.19. The van der Waals surface area contributed by atoms with Gasteiger partial charge in [-0.3, -0.25) is 0 Å². The average molecular weight is 227 g/mol. The van der Waals surface area contributed by atoms with Gasteiger partial charge < -0.3 is 15.1 Å². The molecule has 0 spiro atoms. The molecule has 1 unspecified atom stereocenters. The van der Waals surface area contributed by atoms with Crippen LogP contribution in [0.25, 0.3) is 0 Å². The predicted octanol–water partition coefficient (Wildman–Crippen LogP) is 1.40. The van der Waals surface area contributed by atoms with E-state index in [0.29, 0.717) is 0 Å². The number of piperazine rings is 1. The monoisotopic (exact) mass is 227 g/mol. The van der Waals surface area contributed by atoms with Gasteiger partial charge in [-0.25, -0.2) is 0 Å². The summed E-state index contributed by atoms with van der Waals surface area (Å²) in [5.74, 6) is 0. The number of rotatable bonds is 7. The van der Waals surface area contributed by atoms with Crippen molar-refractivity contribution in [2.24, 2.45) is 0 Å². The smallest absolute Gasteiger partial charge is 0.0192 e. The zero-order valence-corrected chi connectivity index (χ0v) is 11.3. The standard InChI is InChI=1S/C13H29N3/c1-13-12-16(11-10-15(13)3)9-7-5-4-6-8-14-2/h13-14H,4-12H2,1-3H3. The molecule has 3 heteroatoms. The van der Waals surface area contributed by atoms with Crippen LogP contribution >= 0.6 is 0 Å². The fraction of sp³-hybridized carbons (Fsp3) is 1.00. The molecule has 1 N–H and O–H groups in total. The van der Waals surface area contributed by atoms with Crippen molar-refractivity contribution >= 4 is 0 Å². The second-order valence-electron chi connectivity index (χ2n) is 5.15. The minimum atomic E-state index is 0.734. The Bertz CT molecular complexity index is 173. The first-order valence-electron chi connectivity index (χ1n) is 6.81. The lowest BCUT2D eigenvalue weighted by atomic mass is 10.1. The maximum atomic E-state index is 3.20. The van der Waals surface area contributed by atoms with Gasteiger partial charge in [0.05, 0.1) is 0 Å². The van der Waals surface area contributed by atoms with Gasteiger partial charge in [0.2, 0.25) is 0 Å². The molecule has 1 atom stereocenters. The molecule has 96 valence electrons. The first-order chi connectivity index (χ1) is 7.74. The van der Waals surface area contributed by atoms with Crippen molar-refractivity contribution in [3.63, 3.8) is 0 Å². The number of likely N-dealkylation sites (N-methyl/N-ethyl adjacent to an activating group) is 1. The van der Waals surface area contributed by atoms with Gasteiger partial charge in [0.25, 0.3) is 0 Å². The van der Waals surface area contributed by atoms with Crippen molar-refractivity contribution in [3.05, 3.63) is 0 Å². The molecule has 16 heavy (non-hydrogen) atoms. The quantitative estimate of drug-likeness (QED) is 0.663. The van der Waals surface area contributed by atoms with Crippen LogP contribution < -0.4 is 5.32 Å². The van der Waals surface area contributed by atoms with Crippen molar-refractivity contribution in [2.45, 2.75) is 38.6 Å². The average Bonchev–Trinajstić information content (AvgIpc) is 2.28. The molecule has 0 aliphatic carbocycles. The van der Waals surface area contributed by atoms with E-state index < -0.39 is 0 Å². The summed E-state index contributed by atoms with van der Waals surface area (Å²) in [4.78, 5) is 5.09. The summed E-state index contributed by atoms with van der Waals surface area (Å²) < 4.78 is 0. The van der Waals surface area contributed by atoms with Gasteiger partial charge in [0, 0.05) is 25.7 Å². The number of hydrogen-bond acceptors (Lipinski definition) is 3. The maximum Gasteiger partial charge on any atom is 0.0192 e. The lowest BCUT2D eigenvalue weighted by molar-refractivity contribution is 0.104. The molecule has 1 heterocycles. The number of nitrogens with zero attached hydrogens (tertiary/aromatic N) is 2. The van der Waals surface area contributed by atoms with Crippen LogP contribution in [-0.4, -0.2) is 62.7 Å². The Morgan fingerprint density at radius 2 is 1.88 bits per heavy atom. The van der Waals surface area contributed by atoms with Crippen molar-refractivity contribution in [1.29, 1.82) is 0 Å². The minimum absolute atomic E-state index is 0.734. The van der Waals surface area contributed by atoms with Crippen LogP contribution in [0.15, 0.2) is 0 Å². The topological polar surface area (TPSA) is 18.5 Å². The lowest BCUT2D eigenvalue weighted by Crippen LogP contribution is -2.50. The third-order valence-corrected chi connectivity index (χ3v) is 3.69. The minimum Gasteiger partial charge on any atom is -0.320 e. The molecule has 3 nitrogen and oxygen atoms in total. The highest BCUT2D eigenvalue weighted by molar-refractivity contribution is 4.76. The van der Waals surface area contributed by atoms with Crippen LogP contribution in [0.1, 0.15) is 32.6 Å². The maximum absolute atomic E-state index is 3.20. The summed E-state index contributed by atoms with van der Waals surface area (Å²) in [6, 6.07) is 0.734. The summed E-state index contributed by atoms with van der Waals surface area (Å²) in [5, 5.41) is 3.20. The fourth-order valence-corrected chi connectivity index (χ4v) is 2.32. The Balaban J connectivity index is 1.97. The van der Waals surface area contributed by atoms with Crippen molar-refractivity contribution in [3.8, 4) is 0 Å². The number of nitrogens with one attached hydrogen (secondary N) is 1. The zero-order chi connectivity index (χ0) is 11.8. The van der Waals surface area contributed by atoms with Crippen molar-refractivity contribution in [1.82, 2.24) is 15.1 Å². The molecular weight excluding hydrogens is 198 g/mol. The van der Waals surface area contributed by atoms with Gasteiger partial charge >= 0.3 is 0 Å². The van der Waals surface area contributed by atoms with Gasteiger partial charge in [0.1, 0.15) is 0 Å². The van der Waals surface area contributed by atoms with E-state index in [1.54, 1.807) is 0 Å². The number of hydrogen-bond donors (Lipinski definition) is 1. The molecule has 0 aromatic heterocycles. The summed E-state index contributed by atoms with van der Waals surface area (Å²) >= 11 is 0. The van der Waals surface area contributed by atoms with E-state index in [2.05, 4.69) is 29.1 Å². The molecule has 1 saturated heterocycles. The van der Waals surface area contributed by atoms with Gasteiger partial charge in [0.15, 0.2) is 0 Å². The molecule has 1 rings (SSSR count). The van der Waals surface area contributed by atoms with Crippen LogP contribution in [0.3, 0.4) is 0 Å². The molecule has 0 amide bonds. The molecule has 0 saturated carbocycles. The molecule has 0 aromatic carbocycles. The summed E-state index contributed by atoms with van der Waals surface area (Å²) in [6.07, 6.45) is 5.47. The summed E-state index contributed by atoms with van der Waals surface area (Å²) in [5.41, 5.74) is 0. The van der Waals surface area contributed by atoms with Crippen LogP contribution in [0.5, 0.6) is 0 Å². The SMILES string of the molecule is CNCCCCCCN1CCN(C)C(C)C1. The summed E-state index contributed by atoms with van der Waals surface area (Å²) in [6.45, 7) is 8.56. The van der Waals surface area contributed by atoms with Crippen molar-refractivity contribution in [2.75, 3.05) is 46.8 Å². The fourth-order valence-electron chi connectivity index (χ4n) is 2.32. The second kappa shape index (κ2) is 8.04. The van der Waals surface area contributed by atoms with Crippen LogP contribution in [0.4, 0.5) is 0 Å². The largest absolute Gasteiger partial charge is 0.320 e. The second-order valence-corrected chi connectivity index (χ2v) is 5.15. The molecule has 0 aromatic rings. The van der Waals surface area contributed by atoms with Crippen LogP contribution in [-0.2, 0) is 0 Å². The van der Waals surface area contributed by atoms with E-state index in [1.807, 2.05) is 7.05 Å². The van der Waals surface area contributed by atoms with Gasteiger partial charge in [-0.15, -0.1) is 0 Å². The first-order valence-corrected chi connectivity index (χ1v) is 6.81. The van der Waals surface area contributed by atoms with E-state index in [-0.39, 0.29) is 0 Å². The third kappa shape index (κ3) is 5.28. The predicted molar refractivity (Wildman–Crippen MR) is 70.9 cm³/mol. The van der Waals surface area contributed by atoms with Crippen LogP contribution in [0.2, 0.25) is 0 Å². The Morgan fingerprint density at radius 3 is 2.56 bits per heavy atom. The van der Waals surface area contributed by atoms with E-state index in [9.17, 15) is 0 Å². The molecule has 1 fully saturated rings. The van der Waals surface area contributed by atoms with Gasteiger partial charge in [-0.1, -0.05) is 12.8 Å². The Labute approximate surface area is 101 Å². The molecule has 1 aliphatic heterocycles. The van der Waals surface area contributed by atoms with E-state index in [4.69, 9.17) is 0 Å². The van der Waals surface area contributed by atoms with Gasteiger partial charge in [-0.2, -0.15) is 0 Å². The molecule has 0 bridgehead atoms. The van der Waals surface area contributed by atoms with Crippen LogP contribution in [0, 0.1) is 0 Å². The highest BCUT2D eigenvalue weighted by atomic mass is 15.3. The van der Waals surface area contributed by atoms with E-state index in [0.717, 1.165) is 6.04 Å².